The molecule has 1 aliphatic heterocycles. The lowest BCUT2D eigenvalue weighted by molar-refractivity contribution is -0.131. The summed E-state index contributed by atoms with van der Waals surface area (Å²) < 4.78 is 0. The van der Waals surface area contributed by atoms with E-state index in [-0.39, 0.29) is 11.8 Å². The van der Waals surface area contributed by atoms with Crippen LogP contribution < -0.4 is 5.32 Å². The van der Waals surface area contributed by atoms with Crippen molar-refractivity contribution in [2.75, 3.05) is 0 Å². The molecule has 0 radical (unpaired) electrons. The number of hydrogen-bond donors (Lipinski definition) is 3. The van der Waals surface area contributed by atoms with Gasteiger partial charge >= 0.3 is 7.12 Å². The first-order valence-corrected chi connectivity index (χ1v) is 7.82. The Hall–Kier alpha value is -1.08. The number of amides is 1. The summed E-state index contributed by atoms with van der Waals surface area (Å²) >= 11 is 0. The summed E-state index contributed by atoms with van der Waals surface area (Å²) in [6, 6.07) is 0. The van der Waals surface area contributed by atoms with Gasteiger partial charge in [-0.2, -0.15) is 0 Å². The molecule has 1 unspecified atom stereocenters. The first-order valence-electron chi connectivity index (χ1n) is 7.82. The zero-order valence-corrected chi connectivity index (χ0v) is 13.2. The van der Waals surface area contributed by atoms with Crippen molar-refractivity contribution in [3.05, 3.63) is 0 Å². The number of carbonyl (C=O) groups is 1. The van der Waals surface area contributed by atoms with Gasteiger partial charge in [0.1, 0.15) is 0 Å². The van der Waals surface area contributed by atoms with E-state index in [9.17, 15) is 14.8 Å². The molecule has 0 aromatic heterocycles. The molecule has 0 spiro atoms. The lowest BCUT2D eigenvalue weighted by Crippen LogP contribution is -2.50. The van der Waals surface area contributed by atoms with E-state index in [1.807, 2.05) is 13.8 Å². The van der Waals surface area contributed by atoms with Gasteiger partial charge in [0.05, 0.1) is 11.7 Å². The molecule has 2 atom stereocenters. The molecule has 0 aromatic carbocycles. The number of nitrogens with zero attached hydrogens (tertiary/aromatic N) is 1. The van der Waals surface area contributed by atoms with E-state index in [1.54, 1.807) is 0 Å². The van der Waals surface area contributed by atoms with Crippen LogP contribution in [0.5, 0.6) is 0 Å². The molecule has 0 saturated heterocycles. The number of nitrogens with one attached hydrogen (secondary N) is 1. The molecule has 3 N–H and O–H groups in total. The number of hydrogen-bond acceptors (Lipinski definition) is 5. The molecular weight excluding hydrogens is 271 g/mol. The fraction of sp³-hybridized carbons (Fsp3) is 0.857. The Morgan fingerprint density at radius 3 is 2.76 bits per heavy atom. The summed E-state index contributed by atoms with van der Waals surface area (Å²) in [7, 11) is -1.57. The summed E-state index contributed by atoms with van der Waals surface area (Å²) in [4.78, 5) is 17.2. The van der Waals surface area contributed by atoms with Gasteiger partial charge in [-0.1, -0.05) is 38.8 Å². The largest absolute Gasteiger partial charge is 0.475 e. The first kappa shape index (κ1) is 18.0. The summed E-state index contributed by atoms with van der Waals surface area (Å²) in [5.74, 6) is -0.754. The van der Waals surface area contributed by atoms with Gasteiger partial charge in [-0.15, -0.1) is 0 Å². The number of oxime groups is 1. The molecule has 6 nitrogen and oxygen atoms in total. The van der Waals surface area contributed by atoms with Gasteiger partial charge in [-0.3, -0.25) is 4.79 Å². The Morgan fingerprint density at radius 2 is 2.19 bits per heavy atom. The standard InChI is InChI=1S/C14H27BN2O4/c1-4-5-6-7-11-9-12(21-17-11)14(18)16-13(15(19)20)8-10(2)3/h10,12-13,19-20H,4-9H2,1-3H3,(H,16,18)/t12?,13-/m0/s1. The van der Waals surface area contributed by atoms with E-state index in [4.69, 9.17) is 4.84 Å². The average Bonchev–Trinajstić information content (AvgIpc) is 2.86. The van der Waals surface area contributed by atoms with Crippen molar-refractivity contribution in [3.63, 3.8) is 0 Å². The molecule has 0 fully saturated rings. The van der Waals surface area contributed by atoms with Crippen molar-refractivity contribution in [1.29, 1.82) is 0 Å². The Bertz CT molecular complexity index is 361. The molecule has 7 heteroatoms. The zero-order valence-electron chi connectivity index (χ0n) is 13.2. The van der Waals surface area contributed by atoms with Gasteiger partial charge in [0, 0.05) is 6.42 Å². The topological polar surface area (TPSA) is 91.2 Å². The van der Waals surface area contributed by atoms with E-state index in [2.05, 4.69) is 17.4 Å². The third kappa shape index (κ3) is 6.48. The first-order chi connectivity index (χ1) is 9.93. The highest BCUT2D eigenvalue weighted by atomic mass is 16.6. The van der Waals surface area contributed by atoms with Crippen molar-refractivity contribution in [3.8, 4) is 0 Å². The SMILES string of the molecule is CCCCCC1=NOC(C(=O)N[C@@H](CC(C)C)B(O)O)C1. The molecule has 0 aliphatic carbocycles. The van der Waals surface area contributed by atoms with Gasteiger partial charge in [0.25, 0.3) is 5.91 Å². The minimum atomic E-state index is -1.57. The number of rotatable bonds is 9. The maximum Gasteiger partial charge on any atom is 0.475 e. The van der Waals surface area contributed by atoms with E-state index < -0.39 is 19.2 Å². The molecular formula is C14H27BN2O4. The molecule has 21 heavy (non-hydrogen) atoms. The molecule has 0 bridgehead atoms. The third-order valence-electron chi connectivity index (χ3n) is 3.50. The molecule has 1 amide bonds. The quantitative estimate of drug-likeness (QED) is 0.441. The normalized spacial score (nSPS) is 19.1. The summed E-state index contributed by atoms with van der Waals surface area (Å²) in [6.07, 6.45) is 4.54. The predicted molar refractivity (Wildman–Crippen MR) is 82.6 cm³/mol. The second kappa shape index (κ2) is 9.05. The molecule has 120 valence electrons. The summed E-state index contributed by atoms with van der Waals surface area (Å²) in [6.45, 7) is 6.06. The van der Waals surface area contributed by atoms with Gasteiger partial charge in [0.2, 0.25) is 6.10 Å². The van der Waals surface area contributed by atoms with Crippen LogP contribution in [-0.2, 0) is 9.63 Å². The fourth-order valence-electron chi connectivity index (χ4n) is 2.33. The fourth-order valence-corrected chi connectivity index (χ4v) is 2.33. The molecule has 0 saturated carbocycles. The molecule has 1 heterocycles. The van der Waals surface area contributed by atoms with E-state index in [0.29, 0.717) is 12.8 Å². The van der Waals surface area contributed by atoms with Gasteiger partial charge in [-0.05, 0) is 25.2 Å². The lowest BCUT2D eigenvalue weighted by atomic mass is 9.75. The van der Waals surface area contributed by atoms with Crippen LogP contribution in [0, 0.1) is 5.92 Å². The predicted octanol–water partition coefficient (Wildman–Crippen LogP) is 1.25. The van der Waals surface area contributed by atoms with Gasteiger partial charge in [-0.25, -0.2) is 0 Å². The number of carbonyl (C=O) groups excluding carboxylic acids is 1. The van der Waals surface area contributed by atoms with Crippen LogP contribution in [0.3, 0.4) is 0 Å². The van der Waals surface area contributed by atoms with Crippen LogP contribution >= 0.6 is 0 Å². The smallest absolute Gasteiger partial charge is 0.426 e. The second-order valence-electron chi connectivity index (χ2n) is 6.07. The highest BCUT2D eigenvalue weighted by molar-refractivity contribution is 6.43. The van der Waals surface area contributed by atoms with Crippen molar-refractivity contribution < 1.29 is 19.7 Å². The Kier molecular flexibility index (Phi) is 7.74. The van der Waals surface area contributed by atoms with Crippen molar-refractivity contribution in [1.82, 2.24) is 5.32 Å². The minimum Gasteiger partial charge on any atom is -0.426 e. The Labute approximate surface area is 127 Å². The molecule has 1 rings (SSSR count). The third-order valence-corrected chi connectivity index (χ3v) is 3.50. The van der Waals surface area contributed by atoms with Crippen LogP contribution in [0.25, 0.3) is 0 Å². The van der Waals surface area contributed by atoms with Crippen molar-refractivity contribution >= 4 is 18.7 Å². The maximum absolute atomic E-state index is 12.1. The minimum absolute atomic E-state index is 0.252. The molecule has 0 aromatic rings. The highest BCUT2D eigenvalue weighted by Gasteiger charge is 2.32. The molecule has 1 aliphatic rings. The number of unbranched alkanes of at least 4 members (excludes halogenated alkanes) is 2. The van der Waals surface area contributed by atoms with Crippen LogP contribution in [0.15, 0.2) is 5.16 Å². The Balaban J connectivity index is 2.39. The van der Waals surface area contributed by atoms with Crippen LogP contribution in [-0.4, -0.2) is 40.8 Å². The monoisotopic (exact) mass is 298 g/mol. The summed E-state index contributed by atoms with van der Waals surface area (Å²) in [5.41, 5.74) is 0.911. The van der Waals surface area contributed by atoms with Crippen LogP contribution in [0.4, 0.5) is 0 Å². The Morgan fingerprint density at radius 1 is 1.48 bits per heavy atom. The van der Waals surface area contributed by atoms with Crippen molar-refractivity contribution in [2.45, 2.75) is 71.3 Å². The van der Waals surface area contributed by atoms with Gasteiger partial charge < -0.3 is 20.2 Å². The van der Waals surface area contributed by atoms with E-state index in [1.165, 1.54) is 0 Å². The maximum atomic E-state index is 12.1. The van der Waals surface area contributed by atoms with Gasteiger partial charge in [0.15, 0.2) is 0 Å². The average molecular weight is 298 g/mol. The summed E-state index contributed by atoms with van der Waals surface area (Å²) in [5, 5.41) is 25.2. The zero-order chi connectivity index (χ0) is 15.8. The lowest BCUT2D eigenvalue weighted by Gasteiger charge is -2.20. The van der Waals surface area contributed by atoms with Crippen molar-refractivity contribution in [2.24, 2.45) is 11.1 Å². The van der Waals surface area contributed by atoms with Crippen LogP contribution in [0.1, 0.15) is 59.3 Å². The van der Waals surface area contributed by atoms with E-state index in [0.717, 1.165) is 31.4 Å². The second-order valence-corrected chi connectivity index (χ2v) is 6.07. The van der Waals surface area contributed by atoms with E-state index >= 15 is 0 Å². The van der Waals surface area contributed by atoms with Crippen LogP contribution in [0.2, 0.25) is 0 Å². The highest BCUT2D eigenvalue weighted by Crippen LogP contribution is 2.16.